The molecule has 0 unspecified atom stereocenters. The minimum atomic E-state index is -0.385. The number of carbonyl (C=O) groups is 1. The Bertz CT molecular complexity index is 1410. The molecule has 1 aliphatic rings. The summed E-state index contributed by atoms with van der Waals surface area (Å²) in [5.41, 5.74) is 3.86. The molecule has 168 valence electrons. The van der Waals surface area contributed by atoms with Crippen LogP contribution in [0.5, 0.6) is 0 Å². The van der Waals surface area contributed by atoms with Crippen LogP contribution in [0.25, 0.3) is 22.0 Å². The van der Waals surface area contributed by atoms with E-state index in [4.69, 9.17) is 4.98 Å². The number of fused-ring (bicyclic) bond motifs is 1. The Morgan fingerprint density at radius 1 is 0.941 bits per heavy atom. The molecule has 0 spiro atoms. The molecule has 7 heteroatoms. The van der Waals surface area contributed by atoms with Crippen LogP contribution in [0, 0.1) is 17.1 Å². The zero-order chi connectivity index (χ0) is 23.5. The first kappa shape index (κ1) is 21.4. The third kappa shape index (κ3) is 4.39. The molecule has 1 fully saturated rings. The van der Waals surface area contributed by atoms with E-state index in [1.807, 2.05) is 42.5 Å². The third-order valence-corrected chi connectivity index (χ3v) is 5.97. The fourth-order valence-electron chi connectivity index (χ4n) is 4.21. The predicted molar refractivity (Wildman–Crippen MR) is 131 cm³/mol. The Morgan fingerprint density at radius 2 is 1.74 bits per heavy atom. The van der Waals surface area contributed by atoms with Crippen molar-refractivity contribution >= 4 is 28.4 Å². The molecule has 2 heterocycles. The number of nitrogens with zero attached hydrogens (tertiary/aromatic N) is 4. The number of halogens is 1. The lowest BCUT2D eigenvalue weighted by molar-refractivity contribution is 0.208. The second-order valence-corrected chi connectivity index (χ2v) is 8.15. The predicted octanol–water partition coefficient (Wildman–Crippen LogP) is 5.27. The molecule has 2 amide bonds. The first-order valence-electron chi connectivity index (χ1n) is 11.1. The van der Waals surface area contributed by atoms with E-state index in [1.54, 1.807) is 23.1 Å². The van der Waals surface area contributed by atoms with Crippen molar-refractivity contribution in [1.82, 2.24) is 9.88 Å². The molecule has 4 aromatic rings. The van der Waals surface area contributed by atoms with Crippen LogP contribution in [0.15, 0.2) is 78.9 Å². The van der Waals surface area contributed by atoms with Crippen molar-refractivity contribution in [3.63, 3.8) is 0 Å². The van der Waals surface area contributed by atoms with Gasteiger partial charge in [-0.25, -0.2) is 14.2 Å². The van der Waals surface area contributed by atoms with Gasteiger partial charge in [0.25, 0.3) is 0 Å². The highest BCUT2D eigenvalue weighted by molar-refractivity contribution is 5.94. The van der Waals surface area contributed by atoms with E-state index in [-0.39, 0.29) is 11.8 Å². The summed E-state index contributed by atoms with van der Waals surface area (Å²) in [5, 5.41) is 13.1. The van der Waals surface area contributed by atoms with Crippen LogP contribution in [0.4, 0.5) is 20.7 Å². The van der Waals surface area contributed by atoms with Gasteiger partial charge >= 0.3 is 6.03 Å². The van der Waals surface area contributed by atoms with Gasteiger partial charge in [-0.15, -0.1) is 0 Å². The number of aromatic nitrogens is 1. The Morgan fingerprint density at radius 3 is 2.53 bits per heavy atom. The number of hydrogen-bond acceptors (Lipinski definition) is 4. The van der Waals surface area contributed by atoms with Crippen LogP contribution < -0.4 is 10.2 Å². The van der Waals surface area contributed by atoms with Crippen LogP contribution in [0.1, 0.15) is 5.56 Å². The molecule has 5 rings (SSSR count). The molecule has 0 radical (unpaired) electrons. The van der Waals surface area contributed by atoms with Gasteiger partial charge in [0.15, 0.2) is 0 Å². The van der Waals surface area contributed by atoms with Gasteiger partial charge in [-0.1, -0.05) is 36.4 Å². The number of nitrogens with one attached hydrogen (secondary N) is 1. The summed E-state index contributed by atoms with van der Waals surface area (Å²) >= 11 is 0. The molecule has 0 atom stereocenters. The lowest BCUT2D eigenvalue weighted by atomic mass is 10.0. The van der Waals surface area contributed by atoms with Crippen molar-refractivity contribution in [3.05, 3.63) is 90.2 Å². The molecule has 3 aromatic carbocycles. The van der Waals surface area contributed by atoms with Gasteiger partial charge in [-0.3, -0.25) is 0 Å². The molecule has 0 aliphatic carbocycles. The number of hydrogen-bond donors (Lipinski definition) is 1. The second-order valence-electron chi connectivity index (χ2n) is 8.15. The minimum Gasteiger partial charge on any atom is -0.353 e. The highest BCUT2D eigenvalue weighted by Gasteiger charge is 2.22. The van der Waals surface area contributed by atoms with Gasteiger partial charge in [0.2, 0.25) is 0 Å². The quantitative estimate of drug-likeness (QED) is 0.461. The van der Waals surface area contributed by atoms with E-state index in [0.717, 1.165) is 27.8 Å². The molecule has 6 nitrogen and oxygen atoms in total. The van der Waals surface area contributed by atoms with Crippen LogP contribution in [0.3, 0.4) is 0 Å². The highest BCUT2D eigenvalue weighted by atomic mass is 19.1. The first-order valence-corrected chi connectivity index (χ1v) is 11.1. The van der Waals surface area contributed by atoms with Crippen LogP contribution >= 0.6 is 0 Å². The van der Waals surface area contributed by atoms with Gasteiger partial charge < -0.3 is 15.1 Å². The number of rotatable bonds is 3. The summed E-state index contributed by atoms with van der Waals surface area (Å²) < 4.78 is 13.4. The Balaban J connectivity index is 1.33. The van der Waals surface area contributed by atoms with Crippen molar-refractivity contribution in [1.29, 1.82) is 5.26 Å². The SMILES string of the molecule is N#Cc1cccc(-c2cccc3ccc(N4CCN(C(=O)Nc5cccc(F)c5)CC4)nc23)c1. The number of benzene rings is 3. The zero-order valence-electron chi connectivity index (χ0n) is 18.4. The summed E-state index contributed by atoms with van der Waals surface area (Å²) in [6.45, 7) is 2.35. The summed E-state index contributed by atoms with van der Waals surface area (Å²) in [7, 11) is 0. The lowest BCUT2D eigenvalue weighted by Gasteiger charge is -2.35. The van der Waals surface area contributed by atoms with E-state index >= 15 is 0 Å². The van der Waals surface area contributed by atoms with E-state index < -0.39 is 0 Å². The van der Waals surface area contributed by atoms with Crippen molar-refractivity contribution in [2.45, 2.75) is 0 Å². The third-order valence-electron chi connectivity index (χ3n) is 5.97. The Labute approximate surface area is 196 Å². The molecular formula is C27H22FN5O. The second kappa shape index (κ2) is 9.20. The Hall–Kier alpha value is -4.44. The number of para-hydroxylation sites is 1. The fraction of sp³-hybridized carbons (Fsp3) is 0.148. The molecule has 1 aliphatic heterocycles. The molecule has 1 N–H and O–H groups in total. The summed E-state index contributed by atoms with van der Waals surface area (Å²) in [4.78, 5) is 21.4. The number of piperazine rings is 1. The van der Waals surface area contributed by atoms with Gasteiger partial charge in [0.1, 0.15) is 11.6 Å². The fourth-order valence-corrected chi connectivity index (χ4v) is 4.21. The van der Waals surface area contributed by atoms with Crippen molar-refractivity contribution in [2.24, 2.45) is 0 Å². The highest BCUT2D eigenvalue weighted by Crippen LogP contribution is 2.30. The number of nitriles is 1. The van der Waals surface area contributed by atoms with Crippen LogP contribution in [0.2, 0.25) is 0 Å². The maximum atomic E-state index is 13.4. The minimum absolute atomic E-state index is 0.239. The van der Waals surface area contributed by atoms with Crippen molar-refractivity contribution < 1.29 is 9.18 Å². The molecule has 0 saturated carbocycles. The number of carbonyl (C=O) groups excluding carboxylic acids is 1. The molecular weight excluding hydrogens is 429 g/mol. The molecule has 1 aromatic heterocycles. The van der Waals surface area contributed by atoms with Gasteiger partial charge in [-0.05, 0) is 48.0 Å². The van der Waals surface area contributed by atoms with Crippen molar-refractivity contribution in [2.75, 3.05) is 36.4 Å². The maximum Gasteiger partial charge on any atom is 0.321 e. The summed E-state index contributed by atoms with van der Waals surface area (Å²) in [6.07, 6.45) is 0. The standard InChI is InChI=1S/C27H22FN5O/c28-22-7-3-8-23(17-22)30-27(34)33-14-12-32(13-15-33)25-11-10-20-5-2-9-24(26(20)31-25)21-6-1-4-19(16-21)18-29/h1-11,16-17H,12-15H2,(H,30,34). The van der Waals surface area contributed by atoms with Crippen molar-refractivity contribution in [3.8, 4) is 17.2 Å². The number of urea groups is 1. The monoisotopic (exact) mass is 451 g/mol. The average molecular weight is 452 g/mol. The molecule has 34 heavy (non-hydrogen) atoms. The number of amides is 2. The van der Waals surface area contributed by atoms with Crippen LogP contribution in [-0.4, -0.2) is 42.1 Å². The Kier molecular flexibility index (Phi) is 5.79. The largest absolute Gasteiger partial charge is 0.353 e. The first-order chi connectivity index (χ1) is 16.6. The van der Waals surface area contributed by atoms with Gasteiger partial charge in [0, 0.05) is 42.8 Å². The summed E-state index contributed by atoms with van der Waals surface area (Å²) in [6, 6.07) is 25.5. The zero-order valence-corrected chi connectivity index (χ0v) is 18.4. The number of anilines is 2. The molecule has 1 saturated heterocycles. The van der Waals surface area contributed by atoms with E-state index in [9.17, 15) is 14.4 Å². The summed E-state index contributed by atoms with van der Waals surface area (Å²) in [5.74, 6) is 0.463. The van der Waals surface area contributed by atoms with Gasteiger partial charge in [0.05, 0.1) is 17.1 Å². The molecule has 0 bridgehead atoms. The normalized spacial score (nSPS) is 13.5. The van der Waals surface area contributed by atoms with E-state index in [1.165, 1.54) is 12.1 Å². The van der Waals surface area contributed by atoms with Gasteiger partial charge in [-0.2, -0.15) is 5.26 Å². The smallest absolute Gasteiger partial charge is 0.321 e. The van der Waals surface area contributed by atoms with Crippen LogP contribution in [-0.2, 0) is 0 Å². The maximum absolute atomic E-state index is 13.4. The lowest BCUT2D eigenvalue weighted by Crippen LogP contribution is -2.50. The topological polar surface area (TPSA) is 72.3 Å². The average Bonchev–Trinajstić information content (AvgIpc) is 2.88. The number of pyridine rings is 1. The van der Waals surface area contributed by atoms with E-state index in [0.29, 0.717) is 37.4 Å². The van der Waals surface area contributed by atoms with E-state index in [2.05, 4.69) is 22.4 Å².